The molecular weight excluding hydrogens is 524 g/mol. The van der Waals surface area contributed by atoms with Crippen molar-refractivity contribution in [3.8, 4) is 11.5 Å². The van der Waals surface area contributed by atoms with Crippen LogP contribution in [0.15, 0.2) is 41.4 Å². The van der Waals surface area contributed by atoms with Gasteiger partial charge in [-0.15, -0.1) is 5.75 Å². The van der Waals surface area contributed by atoms with Crippen molar-refractivity contribution in [2.75, 3.05) is 5.32 Å². The van der Waals surface area contributed by atoms with Gasteiger partial charge in [-0.05, 0) is 24.3 Å². The zero-order valence-electron chi connectivity index (χ0n) is 18.9. The number of benzene rings is 2. The summed E-state index contributed by atoms with van der Waals surface area (Å²) >= 11 is 0. The fourth-order valence-corrected chi connectivity index (χ4v) is 2.61. The number of phenolic OH excluding ortho intramolecular Hbond substituents is 1. The monoisotopic (exact) mass is 544 g/mol. The molecule has 0 saturated carbocycles. The van der Waals surface area contributed by atoms with Gasteiger partial charge in [0.25, 0.3) is 0 Å². The fourth-order valence-electron chi connectivity index (χ4n) is 2.61. The van der Waals surface area contributed by atoms with Crippen LogP contribution in [-0.4, -0.2) is 112 Å². The molecule has 0 aromatic heterocycles. The van der Waals surface area contributed by atoms with Crippen molar-refractivity contribution >= 4 is 85.4 Å². The van der Waals surface area contributed by atoms with Crippen LogP contribution < -0.4 is 15.5 Å². The minimum Gasteiger partial charge on any atom is -0.872 e. The van der Waals surface area contributed by atoms with E-state index < -0.39 is 54.3 Å². The average Bonchev–Trinajstić information content (AvgIpc) is 2.81. The number of aliphatic imine (C=N–C) groups is 1. The van der Waals surface area contributed by atoms with E-state index >= 15 is 0 Å². The van der Waals surface area contributed by atoms with Gasteiger partial charge < -0.3 is 41.1 Å². The molecule has 37 heavy (non-hydrogen) atoms. The number of hydrogen-bond donors (Lipinski definition) is 6. The molecule has 2 aromatic carbocycles. The normalized spacial score (nSPS) is 11.7. The van der Waals surface area contributed by atoms with Crippen LogP contribution in [0.4, 0.5) is 11.4 Å². The first-order valence-corrected chi connectivity index (χ1v) is 9.78. The molecule has 0 aliphatic carbocycles. The number of amides is 1. The molecule has 0 heterocycles. The van der Waals surface area contributed by atoms with E-state index in [0.717, 1.165) is 18.2 Å². The summed E-state index contributed by atoms with van der Waals surface area (Å²) in [6, 6.07) is 6.88. The third-order valence-corrected chi connectivity index (χ3v) is 4.31. The molecule has 0 aliphatic heterocycles. The Morgan fingerprint density at radius 2 is 1.46 bits per heavy atom. The van der Waals surface area contributed by atoms with Crippen LogP contribution in [0.1, 0.15) is 33.6 Å². The summed E-state index contributed by atoms with van der Waals surface area (Å²) in [6.45, 7) is 0. The smallest absolute Gasteiger partial charge is 0.872 e. The van der Waals surface area contributed by atoms with Crippen LogP contribution in [-0.2, 0) is 14.4 Å². The van der Waals surface area contributed by atoms with Gasteiger partial charge in [-0.1, -0.05) is 18.5 Å². The van der Waals surface area contributed by atoms with E-state index in [0.29, 0.717) is 6.41 Å². The zero-order chi connectivity index (χ0) is 27.4. The summed E-state index contributed by atoms with van der Waals surface area (Å²) in [5.74, 6) is -5.23. The van der Waals surface area contributed by atoms with Crippen LogP contribution in [0.3, 0.4) is 0 Å². The molecule has 14 nitrogen and oxygen atoms in total. The van der Waals surface area contributed by atoms with Gasteiger partial charge in [0.05, 0.1) is 11.4 Å². The summed E-state index contributed by atoms with van der Waals surface area (Å²) in [6.07, 6.45) is -4.49. The minimum absolute atomic E-state index is 0. The fraction of sp³-hybridized carbons (Fsp3) is 0.182. The topological polar surface area (TPSA) is 257 Å². The van der Waals surface area contributed by atoms with Crippen LogP contribution in [0.25, 0.3) is 0 Å². The second-order valence-corrected chi connectivity index (χ2v) is 6.87. The predicted molar refractivity (Wildman–Crippen MR) is 123 cm³/mol. The number of phenols is 1. The molecule has 2 rings (SSSR count). The molecular formula is C22H20CaN2O12. The van der Waals surface area contributed by atoms with E-state index in [4.69, 9.17) is 20.4 Å². The van der Waals surface area contributed by atoms with Gasteiger partial charge >= 0.3 is 49.7 Å². The number of hydrogen-bond acceptors (Lipinski definition) is 11. The third kappa shape index (κ3) is 10.9. The van der Waals surface area contributed by atoms with E-state index in [2.05, 4.69) is 10.3 Å². The number of nitrogens with one attached hydrogen (secondary N) is 1. The standard InChI is InChI=1S/2C11H11NO6.Ca/c2*13-5-12-8-2-1-6(14)3-7(8)9(15)4-10(16)11(17)18;/h2*1-3,5,10,14,16H,4H2,(H,12,13)(H,17,18);/q;;+2/p-2/t2*10-;/m11./s1. The zero-order valence-corrected chi connectivity index (χ0v) is 21.1. The molecule has 6 N–H and O–H groups in total. The number of aliphatic carboxylic acids is 2. The van der Waals surface area contributed by atoms with Crippen molar-refractivity contribution in [2.45, 2.75) is 25.0 Å². The molecule has 0 spiro atoms. The van der Waals surface area contributed by atoms with E-state index in [1.54, 1.807) is 0 Å². The number of Topliss-reactive ketones (excluding diaryl/α,β-unsaturated/α-hetero) is 2. The van der Waals surface area contributed by atoms with E-state index in [9.17, 15) is 39.3 Å². The first kappa shape index (κ1) is 33.4. The summed E-state index contributed by atoms with van der Waals surface area (Å²) < 4.78 is 0. The van der Waals surface area contributed by atoms with Crippen LogP contribution in [0.5, 0.6) is 11.5 Å². The number of ketones is 2. The molecule has 2 aromatic rings. The maximum atomic E-state index is 11.7. The quantitative estimate of drug-likeness (QED) is 0.0467. The Labute approximate surface area is 238 Å². The number of carboxylic acid groups (broad SMARTS) is 2. The summed E-state index contributed by atoms with van der Waals surface area (Å²) in [5, 5.41) is 67.9. The third-order valence-electron chi connectivity index (χ3n) is 4.31. The molecule has 0 unspecified atom stereocenters. The number of anilines is 1. The van der Waals surface area contributed by atoms with Gasteiger partial charge in [0.1, 0.15) is 5.75 Å². The Kier molecular flexibility index (Phi) is 14.7. The van der Waals surface area contributed by atoms with Crippen molar-refractivity contribution in [3.05, 3.63) is 47.5 Å². The van der Waals surface area contributed by atoms with Gasteiger partial charge in [-0.3, -0.25) is 19.4 Å². The largest absolute Gasteiger partial charge is 2.00 e. The number of rotatable bonds is 11. The number of nitrogens with zero attached hydrogens (tertiary/aromatic N) is 1. The second kappa shape index (κ2) is 16.2. The maximum Gasteiger partial charge on any atom is 2.00 e. The molecule has 0 radical (unpaired) electrons. The molecule has 0 aliphatic rings. The number of aromatic hydroxyl groups is 1. The van der Waals surface area contributed by atoms with Crippen molar-refractivity contribution < 1.29 is 59.7 Å². The summed E-state index contributed by atoms with van der Waals surface area (Å²) in [5.41, 5.74) is -0.158. The number of carboxylic acids is 2. The first-order valence-electron chi connectivity index (χ1n) is 9.78. The molecule has 0 fully saturated rings. The van der Waals surface area contributed by atoms with Gasteiger partial charge in [0.15, 0.2) is 23.8 Å². The van der Waals surface area contributed by atoms with Gasteiger partial charge in [-0.2, -0.15) is 0 Å². The van der Waals surface area contributed by atoms with E-state index in [1.807, 2.05) is 0 Å². The van der Waals surface area contributed by atoms with Crippen LogP contribution >= 0.6 is 0 Å². The van der Waals surface area contributed by atoms with E-state index in [-0.39, 0.29) is 72.4 Å². The van der Waals surface area contributed by atoms with Crippen LogP contribution in [0, 0.1) is 0 Å². The van der Waals surface area contributed by atoms with Crippen molar-refractivity contribution in [3.63, 3.8) is 0 Å². The molecule has 1 amide bonds. The number of aliphatic hydroxyl groups excluding tert-OH is 2. The van der Waals surface area contributed by atoms with Gasteiger partial charge in [0, 0.05) is 24.0 Å². The number of carbonyl (C=O) groups is 5. The van der Waals surface area contributed by atoms with E-state index in [1.165, 1.54) is 18.2 Å². The molecule has 0 saturated heterocycles. The first-order chi connectivity index (χ1) is 16.9. The van der Waals surface area contributed by atoms with Crippen molar-refractivity contribution in [1.29, 1.82) is 0 Å². The van der Waals surface area contributed by atoms with Gasteiger partial charge in [-0.25, -0.2) is 9.59 Å². The Bertz CT molecular complexity index is 1170. The number of carbonyl (C=O) groups excluding carboxylic acids is 3. The Hall–Kier alpha value is -3.56. The van der Waals surface area contributed by atoms with Crippen LogP contribution in [0.2, 0.25) is 0 Å². The van der Waals surface area contributed by atoms with Gasteiger partial charge in [0.2, 0.25) is 6.41 Å². The van der Waals surface area contributed by atoms with Crippen molar-refractivity contribution in [2.24, 2.45) is 4.99 Å². The maximum absolute atomic E-state index is 11.7. The second-order valence-electron chi connectivity index (χ2n) is 6.87. The average molecular weight is 544 g/mol. The SMILES string of the molecule is O=C(C[C@@H](O)C(=O)O)c1cc([O-])ccc1N=C[O-].O=CNc1ccc(O)cc1C(=O)C[C@@H](O)C(=O)O.[Ca+2]. The Morgan fingerprint density at radius 1 is 0.919 bits per heavy atom. The molecule has 2 atom stereocenters. The summed E-state index contributed by atoms with van der Waals surface area (Å²) in [7, 11) is 0. The molecule has 0 bridgehead atoms. The predicted octanol–water partition coefficient (Wildman–Crippen LogP) is -1.60. The summed E-state index contributed by atoms with van der Waals surface area (Å²) in [4.78, 5) is 57.9. The van der Waals surface area contributed by atoms with Crippen molar-refractivity contribution in [1.82, 2.24) is 0 Å². The Balaban J connectivity index is 0.000000682. The molecule has 15 heteroatoms. The number of aliphatic hydroxyl groups is 2. The Morgan fingerprint density at radius 3 is 1.95 bits per heavy atom. The minimum atomic E-state index is -1.86. The molecule has 192 valence electrons.